The minimum Gasteiger partial charge on any atom is -0.478 e. The molecular formula is C9H7F4NO4. The Morgan fingerprint density at radius 2 is 1.61 bits per heavy atom. The van der Waals surface area contributed by atoms with E-state index in [9.17, 15) is 22.4 Å². The predicted molar refractivity (Wildman–Crippen MR) is 51.5 cm³/mol. The van der Waals surface area contributed by atoms with Crippen LogP contribution in [0.15, 0.2) is 18.2 Å². The SMILES string of the molecule is Nc1cccc(C(=O)O)c1F.O=C(O)C(F)(F)F. The van der Waals surface area contributed by atoms with Crippen LogP contribution < -0.4 is 5.73 Å². The Balaban J connectivity index is 0.000000360. The summed E-state index contributed by atoms with van der Waals surface area (Å²) in [4.78, 5) is 19.2. The van der Waals surface area contributed by atoms with E-state index in [0.717, 1.165) is 6.07 Å². The molecule has 0 fully saturated rings. The summed E-state index contributed by atoms with van der Waals surface area (Å²) in [6, 6.07) is 3.86. The van der Waals surface area contributed by atoms with Crippen LogP contribution >= 0.6 is 0 Å². The number of carboxylic acid groups (broad SMARTS) is 2. The van der Waals surface area contributed by atoms with E-state index in [1.54, 1.807) is 0 Å². The van der Waals surface area contributed by atoms with E-state index in [0.29, 0.717) is 0 Å². The van der Waals surface area contributed by atoms with E-state index >= 15 is 0 Å². The molecule has 0 bridgehead atoms. The molecule has 0 spiro atoms. The molecule has 0 aliphatic rings. The molecule has 0 saturated heterocycles. The van der Waals surface area contributed by atoms with Crippen LogP contribution in [0.4, 0.5) is 23.2 Å². The number of benzene rings is 1. The Labute approximate surface area is 97.4 Å². The van der Waals surface area contributed by atoms with Crippen LogP contribution in [0.5, 0.6) is 0 Å². The van der Waals surface area contributed by atoms with Gasteiger partial charge in [0, 0.05) is 0 Å². The number of anilines is 1. The molecular weight excluding hydrogens is 262 g/mol. The number of carboxylic acids is 2. The summed E-state index contributed by atoms with van der Waals surface area (Å²) in [6.07, 6.45) is -5.08. The second-order valence-corrected chi connectivity index (χ2v) is 2.82. The summed E-state index contributed by atoms with van der Waals surface area (Å²) in [5.41, 5.74) is 4.57. The van der Waals surface area contributed by atoms with Crippen LogP contribution in [0.2, 0.25) is 0 Å². The third kappa shape index (κ3) is 4.68. The maximum Gasteiger partial charge on any atom is 0.490 e. The van der Waals surface area contributed by atoms with Crippen molar-refractivity contribution in [3.8, 4) is 0 Å². The van der Waals surface area contributed by atoms with Crippen LogP contribution in [-0.2, 0) is 4.79 Å². The van der Waals surface area contributed by atoms with E-state index in [1.807, 2.05) is 0 Å². The van der Waals surface area contributed by atoms with Crippen LogP contribution in [0, 0.1) is 5.82 Å². The fourth-order valence-electron chi connectivity index (χ4n) is 0.715. The largest absolute Gasteiger partial charge is 0.490 e. The van der Waals surface area contributed by atoms with Gasteiger partial charge in [-0.25, -0.2) is 14.0 Å². The number of alkyl halides is 3. The van der Waals surface area contributed by atoms with Gasteiger partial charge in [0.15, 0.2) is 5.82 Å². The van der Waals surface area contributed by atoms with Gasteiger partial charge in [0.2, 0.25) is 0 Å². The Hall–Kier alpha value is -2.32. The number of halogens is 4. The number of carbonyl (C=O) groups is 2. The first-order valence-corrected chi connectivity index (χ1v) is 4.14. The van der Waals surface area contributed by atoms with Crippen LogP contribution in [0.3, 0.4) is 0 Å². The van der Waals surface area contributed by atoms with Crippen LogP contribution in [-0.4, -0.2) is 28.3 Å². The Bertz CT molecular complexity index is 458. The molecule has 0 radical (unpaired) electrons. The van der Waals surface area contributed by atoms with Crippen molar-refractivity contribution in [2.24, 2.45) is 0 Å². The number of hydrogen-bond donors (Lipinski definition) is 3. The van der Waals surface area contributed by atoms with Gasteiger partial charge in [0.25, 0.3) is 0 Å². The number of aromatic carboxylic acids is 1. The first-order chi connectivity index (χ1) is 8.07. The molecule has 5 nitrogen and oxygen atoms in total. The van der Waals surface area contributed by atoms with Crippen molar-refractivity contribution in [2.45, 2.75) is 6.18 Å². The summed E-state index contributed by atoms with van der Waals surface area (Å²) in [5, 5.41) is 15.5. The van der Waals surface area contributed by atoms with Crippen molar-refractivity contribution >= 4 is 17.6 Å². The minimum atomic E-state index is -5.08. The van der Waals surface area contributed by atoms with Gasteiger partial charge in [-0.1, -0.05) is 6.07 Å². The normalized spacial score (nSPS) is 10.2. The fourth-order valence-corrected chi connectivity index (χ4v) is 0.715. The van der Waals surface area contributed by atoms with Gasteiger partial charge in [-0.2, -0.15) is 13.2 Å². The highest BCUT2D eigenvalue weighted by atomic mass is 19.4. The zero-order chi connectivity index (χ0) is 14.5. The van der Waals surface area contributed by atoms with E-state index in [1.165, 1.54) is 12.1 Å². The summed E-state index contributed by atoms with van der Waals surface area (Å²) >= 11 is 0. The summed E-state index contributed by atoms with van der Waals surface area (Å²) in [7, 11) is 0. The molecule has 0 amide bonds. The van der Waals surface area contributed by atoms with E-state index < -0.39 is 29.5 Å². The maximum atomic E-state index is 12.7. The van der Waals surface area contributed by atoms with Crippen molar-refractivity contribution in [2.75, 3.05) is 5.73 Å². The molecule has 18 heavy (non-hydrogen) atoms. The number of nitrogens with two attached hydrogens (primary N) is 1. The second-order valence-electron chi connectivity index (χ2n) is 2.82. The van der Waals surface area contributed by atoms with Gasteiger partial charge >= 0.3 is 18.1 Å². The lowest BCUT2D eigenvalue weighted by atomic mass is 10.2. The molecule has 0 aromatic heterocycles. The molecule has 1 rings (SSSR count). The second kappa shape index (κ2) is 5.84. The van der Waals surface area contributed by atoms with Crippen molar-refractivity contribution < 1.29 is 37.4 Å². The third-order valence-corrected chi connectivity index (χ3v) is 1.50. The van der Waals surface area contributed by atoms with Crippen molar-refractivity contribution in [1.29, 1.82) is 0 Å². The smallest absolute Gasteiger partial charge is 0.478 e. The lowest BCUT2D eigenvalue weighted by Crippen LogP contribution is -2.21. The van der Waals surface area contributed by atoms with Gasteiger partial charge in [0.05, 0.1) is 11.3 Å². The molecule has 0 aliphatic heterocycles. The minimum absolute atomic E-state index is 0.148. The van der Waals surface area contributed by atoms with Gasteiger partial charge in [-0.3, -0.25) is 0 Å². The Kier molecular flexibility index (Phi) is 5.09. The number of aliphatic carboxylic acids is 1. The third-order valence-electron chi connectivity index (χ3n) is 1.50. The average Bonchev–Trinajstić information content (AvgIpc) is 2.21. The first kappa shape index (κ1) is 15.7. The average molecular weight is 269 g/mol. The van der Waals surface area contributed by atoms with E-state index in [2.05, 4.69) is 0 Å². The molecule has 0 atom stereocenters. The fraction of sp³-hybridized carbons (Fsp3) is 0.111. The molecule has 0 aliphatic carbocycles. The van der Waals surface area contributed by atoms with Gasteiger partial charge in [-0.15, -0.1) is 0 Å². The van der Waals surface area contributed by atoms with Gasteiger partial charge in [-0.05, 0) is 12.1 Å². The van der Waals surface area contributed by atoms with E-state index in [-0.39, 0.29) is 5.69 Å². The van der Waals surface area contributed by atoms with Gasteiger partial charge in [0.1, 0.15) is 0 Å². The Morgan fingerprint density at radius 3 is 1.89 bits per heavy atom. The lowest BCUT2D eigenvalue weighted by molar-refractivity contribution is -0.192. The zero-order valence-corrected chi connectivity index (χ0v) is 8.53. The first-order valence-electron chi connectivity index (χ1n) is 4.14. The molecule has 0 unspecified atom stereocenters. The highest BCUT2D eigenvalue weighted by Crippen LogP contribution is 2.14. The Morgan fingerprint density at radius 1 is 1.17 bits per heavy atom. The lowest BCUT2D eigenvalue weighted by Gasteiger charge is -1.98. The molecule has 9 heteroatoms. The highest BCUT2D eigenvalue weighted by molar-refractivity contribution is 5.89. The highest BCUT2D eigenvalue weighted by Gasteiger charge is 2.38. The zero-order valence-electron chi connectivity index (χ0n) is 8.53. The molecule has 0 saturated carbocycles. The summed E-state index contributed by atoms with van der Waals surface area (Å²) < 4.78 is 44.5. The molecule has 0 heterocycles. The maximum absolute atomic E-state index is 12.7. The summed E-state index contributed by atoms with van der Waals surface area (Å²) in [5.74, 6) is -4.94. The molecule has 1 aromatic carbocycles. The topological polar surface area (TPSA) is 101 Å². The van der Waals surface area contributed by atoms with Crippen molar-refractivity contribution in [1.82, 2.24) is 0 Å². The monoisotopic (exact) mass is 269 g/mol. The van der Waals surface area contributed by atoms with Crippen molar-refractivity contribution in [3.63, 3.8) is 0 Å². The summed E-state index contributed by atoms with van der Waals surface area (Å²) in [6.45, 7) is 0. The van der Waals surface area contributed by atoms with Gasteiger partial charge < -0.3 is 15.9 Å². The molecule has 1 aromatic rings. The van der Waals surface area contributed by atoms with Crippen molar-refractivity contribution in [3.05, 3.63) is 29.6 Å². The van der Waals surface area contributed by atoms with Crippen LogP contribution in [0.25, 0.3) is 0 Å². The quantitative estimate of drug-likeness (QED) is 0.532. The standard InChI is InChI=1S/C7H6FNO2.C2HF3O2/c8-6-4(7(10)11)2-1-3-5(6)9;3-2(4,5)1(6)7/h1-3H,9H2,(H,10,11);(H,6,7). The number of rotatable bonds is 1. The van der Waals surface area contributed by atoms with E-state index in [4.69, 9.17) is 20.7 Å². The molecule has 4 N–H and O–H groups in total. The van der Waals surface area contributed by atoms with Crippen LogP contribution in [0.1, 0.15) is 10.4 Å². The number of nitrogen functional groups attached to an aromatic ring is 1. The number of hydrogen-bond acceptors (Lipinski definition) is 3. The predicted octanol–water partition coefficient (Wildman–Crippen LogP) is 1.74. The molecule has 100 valence electrons.